The van der Waals surface area contributed by atoms with Crippen LogP contribution >= 0.6 is 35.0 Å². The van der Waals surface area contributed by atoms with E-state index in [9.17, 15) is 9.59 Å². The molecule has 2 amide bonds. The molecule has 2 N–H and O–H groups in total. The third-order valence-corrected chi connectivity index (χ3v) is 4.99. The maximum Gasteiger partial charge on any atom is 0.230 e. The zero-order valence-corrected chi connectivity index (χ0v) is 17.2. The highest BCUT2D eigenvalue weighted by Gasteiger charge is 2.13. The van der Waals surface area contributed by atoms with Crippen LogP contribution in [0.25, 0.3) is 0 Å². The SMILES string of the molecule is C[C@H](NC(=O)CSCC(=O)N[C@@H](C)c1ccc(Cl)cn1)c1ccc(Cl)cn1. The zero-order chi connectivity index (χ0) is 19.8. The summed E-state index contributed by atoms with van der Waals surface area (Å²) in [5, 5.41) is 6.77. The summed E-state index contributed by atoms with van der Waals surface area (Å²) in [6, 6.07) is 6.51. The van der Waals surface area contributed by atoms with E-state index in [4.69, 9.17) is 23.2 Å². The second-order valence-corrected chi connectivity index (χ2v) is 7.73. The van der Waals surface area contributed by atoms with E-state index in [0.717, 1.165) is 11.4 Å². The van der Waals surface area contributed by atoms with Gasteiger partial charge in [0.05, 0.1) is 45.0 Å². The number of halogens is 2. The van der Waals surface area contributed by atoms with E-state index in [1.807, 2.05) is 13.8 Å². The van der Waals surface area contributed by atoms with Gasteiger partial charge in [-0.15, -0.1) is 11.8 Å². The molecule has 0 aliphatic rings. The molecule has 0 saturated heterocycles. The van der Waals surface area contributed by atoms with E-state index in [1.54, 1.807) is 24.3 Å². The topological polar surface area (TPSA) is 84.0 Å². The van der Waals surface area contributed by atoms with E-state index in [0.29, 0.717) is 10.0 Å². The third kappa shape index (κ3) is 7.36. The van der Waals surface area contributed by atoms with Gasteiger partial charge in [0.25, 0.3) is 0 Å². The minimum atomic E-state index is -0.236. The Labute approximate surface area is 172 Å². The monoisotopic (exact) mass is 426 g/mol. The summed E-state index contributed by atoms with van der Waals surface area (Å²) < 4.78 is 0. The first-order valence-corrected chi connectivity index (χ1v) is 10.2. The van der Waals surface area contributed by atoms with Crippen LogP contribution in [0.3, 0.4) is 0 Å². The molecule has 144 valence electrons. The fraction of sp³-hybridized carbons (Fsp3) is 0.333. The average molecular weight is 427 g/mol. The van der Waals surface area contributed by atoms with Crippen LogP contribution in [0.2, 0.25) is 10.0 Å². The normalized spacial score (nSPS) is 12.9. The summed E-state index contributed by atoms with van der Waals surface area (Å²) in [7, 11) is 0. The van der Waals surface area contributed by atoms with Gasteiger partial charge in [0.1, 0.15) is 0 Å². The molecule has 0 spiro atoms. The number of nitrogens with one attached hydrogen (secondary N) is 2. The van der Waals surface area contributed by atoms with Crippen LogP contribution < -0.4 is 10.6 Å². The minimum Gasteiger partial charge on any atom is -0.347 e. The lowest BCUT2D eigenvalue weighted by molar-refractivity contribution is -0.119. The number of pyridine rings is 2. The Hall–Kier alpha value is -1.83. The van der Waals surface area contributed by atoms with Crippen molar-refractivity contribution >= 4 is 46.8 Å². The van der Waals surface area contributed by atoms with Crippen LogP contribution in [-0.4, -0.2) is 33.3 Å². The number of amides is 2. The van der Waals surface area contributed by atoms with Crippen molar-refractivity contribution in [3.63, 3.8) is 0 Å². The number of hydrogen-bond donors (Lipinski definition) is 2. The summed E-state index contributed by atoms with van der Waals surface area (Å²) >= 11 is 12.8. The van der Waals surface area contributed by atoms with E-state index in [1.165, 1.54) is 24.2 Å². The van der Waals surface area contributed by atoms with Gasteiger partial charge in [0.2, 0.25) is 11.8 Å². The van der Waals surface area contributed by atoms with Crippen molar-refractivity contribution in [2.75, 3.05) is 11.5 Å². The van der Waals surface area contributed by atoms with Gasteiger partial charge in [-0.05, 0) is 38.1 Å². The highest BCUT2D eigenvalue weighted by Crippen LogP contribution is 2.14. The Kier molecular flexibility index (Phi) is 8.34. The fourth-order valence-corrected chi connectivity index (χ4v) is 3.10. The Morgan fingerprint density at radius 2 is 1.30 bits per heavy atom. The second kappa shape index (κ2) is 10.5. The number of carbonyl (C=O) groups is 2. The first kappa shape index (κ1) is 21.5. The summed E-state index contributed by atoms with van der Waals surface area (Å²) in [6.45, 7) is 3.68. The first-order valence-electron chi connectivity index (χ1n) is 8.24. The molecule has 0 fully saturated rings. The molecule has 27 heavy (non-hydrogen) atoms. The van der Waals surface area contributed by atoms with E-state index >= 15 is 0 Å². The summed E-state index contributed by atoms with van der Waals surface area (Å²) in [4.78, 5) is 32.4. The average Bonchev–Trinajstić information content (AvgIpc) is 2.62. The van der Waals surface area contributed by atoms with Gasteiger partial charge in [0.15, 0.2) is 0 Å². The van der Waals surface area contributed by atoms with E-state index in [2.05, 4.69) is 20.6 Å². The molecule has 2 rings (SSSR count). The van der Waals surface area contributed by atoms with Gasteiger partial charge in [0, 0.05) is 12.4 Å². The molecule has 0 aliphatic carbocycles. The minimum absolute atomic E-state index is 0.163. The molecule has 2 aromatic heterocycles. The summed E-state index contributed by atoms with van der Waals surface area (Å²) in [6.07, 6.45) is 3.07. The molecule has 0 aliphatic heterocycles. The van der Waals surface area contributed by atoms with Gasteiger partial charge in [-0.25, -0.2) is 0 Å². The molecule has 6 nitrogen and oxygen atoms in total. The van der Waals surface area contributed by atoms with E-state index < -0.39 is 0 Å². The number of aromatic nitrogens is 2. The highest BCUT2D eigenvalue weighted by atomic mass is 35.5. The Bertz CT molecular complexity index is 706. The van der Waals surface area contributed by atoms with E-state index in [-0.39, 0.29) is 35.4 Å². The van der Waals surface area contributed by atoms with Crippen LogP contribution in [0.1, 0.15) is 37.3 Å². The van der Waals surface area contributed by atoms with Crippen molar-refractivity contribution in [3.8, 4) is 0 Å². The zero-order valence-electron chi connectivity index (χ0n) is 14.9. The number of thioether (sulfide) groups is 1. The molecule has 2 atom stereocenters. The Balaban J connectivity index is 1.70. The Morgan fingerprint density at radius 1 is 0.889 bits per heavy atom. The number of nitrogens with zero attached hydrogens (tertiary/aromatic N) is 2. The van der Waals surface area contributed by atoms with Crippen molar-refractivity contribution in [1.29, 1.82) is 0 Å². The molecular weight excluding hydrogens is 407 g/mol. The predicted octanol–water partition coefficient (Wildman–Crippen LogP) is 3.57. The van der Waals surface area contributed by atoms with Crippen LogP contribution in [0.15, 0.2) is 36.7 Å². The quantitative estimate of drug-likeness (QED) is 0.673. The third-order valence-electron chi connectivity index (χ3n) is 3.61. The first-order chi connectivity index (χ1) is 12.8. The van der Waals surface area contributed by atoms with Crippen molar-refractivity contribution in [2.24, 2.45) is 0 Å². The fourth-order valence-electron chi connectivity index (χ4n) is 2.24. The van der Waals surface area contributed by atoms with Gasteiger partial charge < -0.3 is 10.6 Å². The van der Waals surface area contributed by atoms with Crippen molar-refractivity contribution in [2.45, 2.75) is 25.9 Å². The maximum absolute atomic E-state index is 12.0. The van der Waals surface area contributed by atoms with Gasteiger partial charge >= 0.3 is 0 Å². The van der Waals surface area contributed by atoms with Gasteiger partial charge in [-0.3, -0.25) is 19.6 Å². The lowest BCUT2D eigenvalue weighted by Crippen LogP contribution is -2.31. The number of hydrogen-bond acceptors (Lipinski definition) is 5. The number of rotatable bonds is 8. The largest absolute Gasteiger partial charge is 0.347 e. The molecule has 2 aromatic rings. The molecular formula is C18H20Cl2N4O2S. The van der Waals surface area contributed by atoms with Gasteiger partial charge in [-0.2, -0.15) is 0 Å². The predicted molar refractivity (Wildman–Crippen MR) is 109 cm³/mol. The molecule has 0 unspecified atom stereocenters. The van der Waals surface area contributed by atoms with Gasteiger partial charge in [-0.1, -0.05) is 23.2 Å². The lowest BCUT2D eigenvalue weighted by atomic mass is 10.2. The smallest absolute Gasteiger partial charge is 0.230 e. The van der Waals surface area contributed by atoms with Crippen LogP contribution in [-0.2, 0) is 9.59 Å². The standard InChI is InChI=1S/C18H20Cl2N4O2S/c1-11(15-5-3-13(19)7-21-15)23-17(25)9-27-10-18(26)24-12(2)16-6-4-14(20)8-22-16/h3-8,11-12H,9-10H2,1-2H3,(H,23,25)(H,24,26)/t11-,12-/m0/s1. The number of carbonyl (C=O) groups excluding carboxylic acids is 2. The van der Waals surface area contributed by atoms with Crippen molar-refractivity contribution in [1.82, 2.24) is 20.6 Å². The molecule has 0 saturated carbocycles. The van der Waals surface area contributed by atoms with Crippen molar-refractivity contribution in [3.05, 3.63) is 58.1 Å². The molecule has 9 heteroatoms. The molecule has 0 bridgehead atoms. The summed E-state index contributed by atoms with van der Waals surface area (Å²) in [5.41, 5.74) is 1.44. The lowest BCUT2D eigenvalue weighted by Gasteiger charge is -2.14. The van der Waals surface area contributed by atoms with Crippen LogP contribution in [0, 0.1) is 0 Å². The molecule has 2 heterocycles. The summed E-state index contributed by atoms with van der Waals surface area (Å²) in [5.74, 6) is 0.0339. The molecule has 0 aromatic carbocycles. The molecule has 0 radical (unpaired) electrons. The van der Waals surface area contributed by atoms with Crippen LogP contribution in [0.5, 0.6) is 0 Å². The highest BCUT2D eigenvalue weighted by molar-refractivity contribution is 8.00. The van der Waals surface area contributed by atoms with Crippen LogP contribution in [0.4, 0.5) is 0 Å². The van der Waals surface area contributed by atoms with Crippen molar-refractivity contribution < 1.29 is 9.59 Å². The maximum atomic E-state index is 12.0. The Morgan fingerprint density at radius 3 is 1.63 bits per heavy atom. The second-order valence-electron chi connectivity index (χ2n) is 5.87.